The molecule has 0 spiro atoms. The van der Waals surface area contributed by atoms with Gasteiger partial charge in [0.05, 0.1) is 4.90 Å². The zero-order valence-electron chi connectivity index (χ0n) is 14.5. The van der Waals surface area contributed by atoms with Gasteiger partial charge in [0, 0.05) is 29.7 Å². The number of nitrogens with zero attached hydrogens (tertiary/aromatic N) is 1. The SMILES string of the molecule is Cc1ccccc1NC(=O)C1CCN(S(=O)(=O)c2ccc(Cl)cc2)CC1. The first-order valence-corrected chi connectivity index (χ1v) is 10.3. The number of benzene rings is 2. The Morgan fingerprint density at radius 1 is 1.08 bits per heavy atom. The summed E-state index contributed by atoms with van der Waals surface area (Å²) in [5.41, 5.74) is 1.80. The fourth-order valence-corrected chi connectivity index (χ4v) is 4.66. The van der Waals surface area contributed by atoms with E-state index in [9.17, 15) is 13.2 Å². The van der Waals surface area contributed by atoms with Gasteiger partial charge in [-0.05, 0) is 55.7 Å². The van der Waals surface area contributed by atoms with Crippen LogP contribution in [-0.4, -0.2) is 31.7 Å². The van der Waals surface area contributed by atoms with Crippen molar-refractivity contribution in [1.82, 2.24) is 4.31 Å². The highest BCUT2D eigenvalue weighted by atomic mass is 35.5. The number of carbonyl (C=O) groups excluding carboxylic acids is 1. The van der Waals surface area contributed by atoms with E-state index >= 15 is 0 Å². The number of sulfonamides is 1. The maximum absolute atomic E-state index is 12.7. The number of halogens is 1. The van der Waals surface area contributed by atoms with Crippen LogP contribution in [0.1, 0.15) is 18.4 Å². The van der Waals surface area contributed by atoms with Crippen LogP contribution in [-0.2, 0) is 14.8 Å². The average molecular weight is 393 g/mol. The average Bonchev–Trinajstić information content (AvgIpc) is 2.64. The van der Waals surface area contributed by atoms with E-state index in [0.29, 0.717) is 31.0 Å². The number of anilines is 1. The van der Waals surface area contributed by atoms with E-state index in [1.165, 1.54) is 16.4 Å². The summed E-state index contributed by atoms with van der Waals surface area (Å²) < 4.78 is 26.8. The molecule has 0 atom stereocenters. The molecule has 0 unspecified atom stereocenters. The summed E-state index contributed by atoms with van der Waals surface area (Å²) in [5, 5.41) is 3.45. The van der Waals surface area contributed by atoms with Gasteiger partial charge in [-0.25, -0.2) is 8.42 Å². The molecular weight excluding hydrogens is 372 g/mol. The van der Waals surface area contributed by atoms with E-state index < -0.39 is 10.0 Å². The van der Waals surface area contributed by atoms with Crippen molar-refractivity contribution in [1.29, 1.82) is 0 Å². The third kappa shape index (κ3) is 4.09. The minimum atomic E-state index is -3.55. The highest BCUT2D eigenvalue weighted by Gasteiger charge is 2.32. The molecule has 2 aromatic carbocycles. The number of carbonyl (C=O) groups is 1. The minimum absolute atomic E-state index is 0.0529. The maximum atomic E-state index is 12.7. The zero-order chi connectivity index (χ0) is 18.7. The van der Waals surface area contributed by atoms with Gasteiger partial charge in [0.2, 0.25) is 15.9 Å². The Hall–Kier alpha value is -1.89. The van der Waals surface area contributed by atoms with Crippen molar-refractivity contribution < 1.29 is 13.2 Å². The molecule has 0 bridgehead atoms. The molecule has 1 saturated heterocycles. The maximum Gasteiger partial charge on any atom is 0.243 e. The van der Waals surface area contributed by atoms with E-state index in [1.807, 2.05) is 31.2 Å². The van der Waals surface area contributed by atoms with Gasteiger partial charge in [-0.2, -0.15) is 4.31 Å². The second-order valence-corrected chi connectivity index (χ2v) is 8.81. The van der Waals surface area contributed by atoms with Gasteiger partial charge >= 0.3 is 0 Å². The Balaban J connectivity index is 1.62. The van der Waals surface area contributed by atoms with Crippen LogP contribution in [0, 0.1) is 12.8 Å². The van der Waals surface area contributed by atoms with E-state index in [0.717, 1.165) is 11.3 Å². The lowest BCUT2D eigenvalue weighted by Gasteiger charge is -2.30. The van der Waals surface area contributed by atoms with Crippen molar-refractivity contribution in [3.05, 3.63) is 59.1 Å². The van der Waals surface area contributed by atoms with Crippen LogP contribution in [0.3, 0.4) is 0 Å². The molecular formula is C19H21ClN2O3S. The lowest BCUT2D eigenvalue weighted by Crippen LogP contribution is -2.41. The standard InChI is InChI=1S/C19H21ClN2O3S/c1-14-4-2-3-5-18(14)21-19(23)15-10-12-22(13-11-15)26(24,25)17-8-6-16(20)7-9-17/h2-9,15H,10-13H2,1H3,(H,21,23). The summed E-state index contributed by atoms with van der Waals surface area (Å²) in [6.45, 7) is 2.60. The molecule has 0 aromatic heterocycles. The molecule has 1 aliphatic heterocycles. The van der Waals surface area contributed by atoms with E-state index in [-0.39, 0.29) is 16.7 Å². The van der Waals surface area contributed by atoms with Crippen LogP contribution in [0.2, 0.25) is 5.02 Å². The first-order valence-electron chi connectivity index (χ1n) is 8.50. The van der Waals surface area contributed by atoms with Gasteiger partial charge in [0.25, 0.3) is 0 Å². The minimum Gasteiger partial charge on any atom is -0.326 e. The molecule has 3 rings (SSSR count). The molecule has 1 heterocycles. The highest BCUT2D eigenvalue weighted by molar-refractivity contribution is 7.89. The molecule has 5 nitrogen and oxygen atoms in total. The molecule has 0 saturated carbocycles. The first-order chi connectivity index (χ1) is 12.4. The quantitative estimate of drug-likeness (QED) is 0.862. The smallest absolute Gasteiger partial charge is 0.243 e. The molecule has 138 valence electrons. The van der Waals surface area contributed by atoms with Gasteiger partial charge in [0.15, 0.2) is 0 Å². The fraction of sp³-hybridized carbons (Fsp3) is 0.316. The Kier molecular flexibility index (Phi) is 5.65. The van der Waals surface area contributed by atoms with Crippen LogP contribution >= 0.6 is 11.6 Å². The topological polar surface area (TPSA) is 66.5 Å². The van der Waals surface area contributed by atoms with Crippen LogP contribution in [0.4, 0.5) is 5.69 Å². The molecule has 7 heteroatoms. The number of piperidine rings is 1. The number of rotatable bonds is 4. The van der Waals surface area contributed by atoms with Crippen LogP contribution in [0.15, 0.2) is 53.4 Å². The van der Waals surface area contributed by atoms with Gasteiger partial charge in [-0.1, -0.05) is 29.8 Å². The summed E-state index contributed by atoms with van der Waals surface area (Å²) in [7, 11) is -3.55. The molecule has 1 fully saturated rings. The molecule has 1 amide bonds. The van der Waals surface area contributed by atoms with Crippen molar-refractivity contribution in [2.75, 3.05) is 18.4 Å². The van der Waals surface area contributed by atoms with Crippen molar-refractivity contribution in [2.24, 2.45) is 5.92 Å². The number of para-hydroxylation sites is 1. The van der Waals surface area contributed by atoms with Crippen LogP contribution in [0.5, 0.6) is 0 Å². The van der Waals surface area contributed by atoms with Crippen molar-refractivity contribution >= 4 is 33.2 Å². The van der Waals surface area contributed by atoms with Gasteiger partial charge in [-0.15, -0.1) is 0 Å². The Labute approximate surface area is 159 Å². The van der Waals surface area contributed by atoms with Gasteiger partial charge in [-0.3, -0.25) is 4.79 Å². The van der Waals surface area contributed by atoms with Crippen LogP contribution in [0.25, 0.3) is 0 Å². The van der Waals surface area contributed by atoms with Crippen molar-refractivity contribution in [3.8, 4) is 0 Å². The van der Waals surface area contributed by atoms with Crippen molar-refractivity contribution in [3.63, 3.8) is 0 Å². The Morgan fingerprint density at radius 3 is 2.31 bits per heavy atom. The molecule has 1 aliphatic rings. The van der Waals surface area contributed by atoms with Gasteiger partial charge < -0.3 is 5.32 Å². The molecule has 2 aromatic rings. The lowest BCUT2D eigenvalue weighted by atomic mass is 9.97. The number of aryl methyl sites for hydroxylation is 1. The second-order valence-electron chi connectivity index (χ2n) is 6.44. The van der Waals surface area contributed by atoms with Gasteiger partial charge in [0.1, 0.15) is 0 Å². The Morgan fingerprint density at radius 2 is 1.69 bits per heavy atom. The fourth-order valence-electron chi connectivity index (χ4n) is 3.06. The zero-order valence-corrected chi connectivity index (χ0v) is 16.1. The summed E-state index contributed by atoms with van der Waals surface area (Å²) >= 11 is 5.83. The van der Waals surface area contributed by atoms with E-state index in [1.54, 1.807) is 12.1 Å². The highest BCUT2D eigenvalue weighted by Crippen LogP contribution is 2.26. The number of amides is 1. The van der Waals surface area contributed by atoms with E-state index in [2.05, 4.69) is 5.32 Å². The number of hydrogen-bond donors (Lipinski definition) is 1. The van der Waals surface area contributed by atoms with Crippen molar-refractivity contribution in [2.45, 2.75) is 24.7 Å². The predicted octanol–water partition coefficient (Wildman–Crippen LogP) is 3.69. The number of nitrogens with one attached hydrogen (secondary N) is 1. The molecule has 0 radical (unpaired) electrons. The van der Waals surface area contributed by atoms with E-state index in [4.69, 9.17) is 11.6 Å². The first kappa shape index (κ1) is 18.9. The summed E-state index contributed by atoms with van der Waals surface area (Å²) in [6, 6.07) is 13.8. The predicted molar refractivity (Wildman–Crippen MR) is 103 cm³/mol. The second kappa shape index (κ2) is 7.78. The molecule has 1 N–H and O–H groups in total. The molecule has 26 heavy (non-hydrogen) atoms. The lowest BCUT2D eigenvalue weighted by molar-refractivity contribution is -0.120. The summed E-state index contributed by atoms with van der Waals surface area (Å²) in [4.78, 5) is 12.7. The Bertz CT molecular complexity index is 889. The largest absolute Gasteiger partial charge is 0.326 e. The normalized spacial score (nSPS) is 16.4. The molecule has 0 aliphatic carbocycles. The summed E-state index contributed by atoms with van der Waals surface area (Å²) in [6.07, 6.45) is 1.01. The summed E-state index contributed by atoms with van der Waals surface area (Å²) in [5.74, 6) is -0.242. The number of hydrogen-bond acceptors (Lipinski definition) is 3. The monoisotopic (exact) mass is 392 g/mol. The third-order valence-corrected chi connectivity index (χ3v) is 6.84. The third-order valence-electron chi connectivity index (χ3n) is 4.68. The van der Waals surface area contributed by atoms with Crippen LogP contribution < -0.4 is 5.32 Å².